The normalized spacial score (nSPS) is 9.60. The van der Waals surface area contributed by atoms with E-state index in [1.807, 2.05) is 6.61 Å². The molecule has 1 radical (unpaired) electrons. The lowest BCUT2D eigenvalue weighted by Crippen LogP contribution is -1.93. The average Bonchev–Trinajstić information content (AvgIpc) is 1.88. The predicted molar refractivity (Wildman–Crippen MR) is 44.6 cm³/mol. The molecule has 0 N–H and O–H groups in total. The molecule has 0 atom stereocenters. The summed E-state index contributed by atoms with van der Waals surface area (Å²) in [5, 5.41) is 0. The number of rotatable bonds is 4. The number of hydrogen-bond acceptors (Lipinski definition) is 1. The lowest BCUT2D eigenvalue weighted by molar-refractivity contribution is 0.219. The molecular weight excluding hydrogens is 124 g/mol. The molecule has 0 spiro atoms. The Bertz CT molecular complexity index is 110. The van der Waals surface area contributed by atoms with Crippen molar-refractivity contribution in [2.75, 3.05) is 6.61 Å². The van der Waals surface area contributed by atoms with Gasteiger partial charge in [-0.05, 0) is 32.8 Å². The SMILES string of the molecule is CC[CH]OCC(C)=C(C)C. The van der Waals surface area contributed by atoms with Crippen molar-refractivity contribution >= 4 is 0 Å². The van der Waals surface area contributed by atoms with Gasteiger partial charge in [0.05, 0.1) is 13.2 Å². The summed E-state index contributed by atoms with van der Waals surface area (Å²) in [4.78, 5) is 0. The molecule has 59 valence electrons. The summed E-state index contributed by atoms with van der Waals surface area (Å²) in [6.45, 7) is 11.0. The van der Waals surface area contributed by atoms with E-state index in [0.29, 0.717) is 0 Å². The van der Waals surface area contributed by atoms with Gasteiger partial charge in [-0.25, -0.2) is 0 Å². The molecule has 0 saturated carbocycles. The number of hydrogen-bond donors (Lipinski definition) is 0. The van der Waals surface area contributed by atoms with Crippen molar-refractivity contribution in [2.24, 2.45) is 0 Å². The van der Waals surface area contributed by atoms with Crippen LogP contribution in [0.3, 0.4) is 0 Å². The first kappa shape index (κ1) is 9.70. The van der Waals surface area contributed by atoms with Crippen LogP contribution in [0.15, 0.2) is 11.1 Å². The molecular formula is C9H17O. The van der Waals surface area contributed by atoms with Crippen LogP contribution >= 0.6 is 0 Å². The summed E-state index contributed by atoms with van der Waals surface area (Å²) in [5.74, 6) is 0. The fourth-order valence-electron chi connectivity index (χ4n) is 0.446. The molecule has 1 heteroatoms. The van der Waals surface area contributed by atoms with Crippen LogP contribution in [0.5, 0.6) is 0 Å². The fourth-order valence-corrected chi connectivity index (χ4v) is 0.446. The maximum Gasteiger partial charge on any atom is 0.0838 e. The van der Waals surface area contributed by atoms with E-state index in [0.717, 1.165) is 13.0 Å². The van der Waals surface area contributed by atoms with Gasteiger partial charge in [-0.15, -0.1) is 0 Å². The van der Waals surface area contributed by atoms with Crippen molar-refractivity contribution in [1.29, 1.82) is 0 Å². The third-order valence-corrected chi connectivity index (χ3v) is 1.44. The Balaban J connectivity index is 3.40. The molecule has 0 aliphatic carbocycles. The Kier molecular flexibility index (Phi) is 5.32. The Morgan fingerprint density at radius 3 is 2.30 bits per heavy atom. The zero-order valence-electron chi connectivity index (χ0n) is 7.40. The van der Waals surface area contributed by atoms with E-state index in [1.165, 1.54) is 11.1 Å². The summed E-state index contributed by atoms with van der Waals surface area (Å²) >= 11 is 0. The van der Waals surface area contributed by atoms with Gasteiger partial charge in [0.15, 0.2) is 0 Å². The fraction of sp³-hybridized carbons (Fsp3) is 0.667. The zero-order valence-corrected chi connectivity index (χ0v) is 7.40. The second-order valence-corrected chi connectivity index (χ2v) is 2.67. The van der Waals surface area contributed by atoms with E-state index in [2.05, 4.69) is 27.7 Å². The quantitative estimate of drug-likeness (QED) is 0.432. The summed E-state index contributed by atoms with van der Waals surface area (Å²) < 4.78 is 5.22. The second kappa shape index (κ2) is 5.48. The smallest absolute Gasteiger partial charge is 0.0838 e. The minimum absolute atomic E-state index is 0.746. The van der Waals surface area contributed by atoms with Crippen LogP contribution in [-0.2, 0) is 4.74 Å². The Labute approximate surface area is 64.1 Å². The van der Waals surface area contributed by atoms with Gasteiger partial charge in [0.25, 0.3) is 0 Å². The van der Waals surface area contributed by atoms with Crippen molar-refractivity contribution in [1.82, 2.24) is 0 Å². The molecule has 0 amide bonds. The third kappa shape index (κ3) is 4.57. The molecule has 0 saturated heterocycles. The van der Waals surface area contributed by atoms with Gasteiger partial charge in [-0.3, -0.25) is 0 Å². The maximum absolute atomic E-state index is 5.22. The topological polar surface area (TPSA) is 9.23 Å². The molecule has 0 aromatic rings. The first-order valence-electron chi connectivity index (χ1n) is 3.74. The van der Waals surface area contributed by atoms with E-state index in [-0.39, 0.29) is 0 Å². The number of allylic oxidation sites excluding steroid dienone is 1. The molecule has 0 rings (SSSR count). The van der Waals surface area contributed by atoms with Gasteiger partial charge in [0.2, 0.25) is 0 Å². The van der Waals surface area contributed by atoms with Crippen molar-refractivity contribution in [3.8, 4) is 0 Å². The monoisotopic (exact) mass is 141 g/mol. The van der Waals surface area contributed by atoms with Crippen molar-refractivity contribution in [2.45, 2.75) is 34.1 Å². The largest absolute Gasteiger partial charge is 0.371 e. The highest BCUT2D eigenvalue weighted by Gasteiger charge is 1.91. The van der Waals surface area contributed by atoms with E-state index >= 15 is 0 Å². The Morgan fingerprint density at radius 1 is 1.30 bits per heavy atom. The van der Waals surface area contributed by atoms with Crippen LogP contribution in [0.1, 0.15) is 34.1 Å². The van der Waals surface area contributed by atoms with Crippen LogP contribution in [0.25, 0.3) is 0 Å². The zero-order chi connectivity index (χ0) is 7.98. The van der Waals surface area contributed by atoms with Crippen LogP contribution in [0.4, 0.5) is 0 Å². The van der Waals surface area contributed by atoms with Crippen molar-refractivity contribution < 1.29 is 4.74 Å². The van der Waals surface area contributed by atoms with E-state index < -0.39 is 0 Å². The Morgan fingerprint density at radius 2 is 1.90 bits per heavy atom. The molecule has 0 fully saturated rings. The van der Waals surface area contributed by atoms with Gasteiger partial charge in [-0.1, -0.05) is 12.5 Å². The number of ether oxygens (including phenoxy) is 1. The van der Waals surface area contributed by atoms with E-state index in [4.69, 9.17) is 4.74 Å². The average molecular weight is 141 g/mol. The van der Waals surface area contributed by atoms with E-state index in [9.17, 15) is 0 Å². The molecule has 1 nitrogen and oxygen atoms in total. The van der Waals surface area contributed by atoms with Crippen LogP contribution in [0.2, 0.25) is 0 Å². The summed E-state index contributed by atoms with van der Waals surface area (Å²) in [7, 11) is 0. The first-order chi connectivity index (χ1) is 4.68. The van der Waals surface area contributed by atoms with Gasteiger partial charge in [0, 0.05) is 0 Å². The lowest BCUT2D eigenvalue weighted by Gasteiger charge is -2.03. The molecule has 0 aliphatic rings. The molecule has 10 heavy (non-hydrogen) atoms. The summed E-state index contributed by atoms with van der Waals surface area (Å²) in [5.41, 5.74) is 2.68. The maximum atomic E-state index is 5.22. The van der Waals surface area contributed by atoms with Crippen molar-refractivity contribution in [3.63, 3.8) is 0 Å². The van der Waals surface area contributed by atoms with Gasteiger partial charge >= 0.3 is 0 Å². The summed E-state index contributed by atoms with van der Waals surface area (Å²) in [6, 6.07) is 0. The van der Waals surface area contributed by atoms with Gasteiger partial charge in [-0.2, -0.15) is 0 Å². The molecule has 0 bridgehead atoms. The molecule has 0 aliphatic heterocycles. The minimum Gasteiger partial charge on any atom is -0.371 e. The first-order valence-corrected chi connectivity index (χ1v) is 3.74. The highest BCUT2D eigenvalue weighted by Crippen LogP contribution is 2.02. The third-order valence-electron chi connectivity index (χ3n) is 1.44. The van der Waals surface area contributed by atoms with Crippen LogP contribution in [0, 0.1) is 6.61 Å². The molecule has 0 heterocycles. The molecule has 0 aromatic heterocycles. The molecule has 0 unspecified atom stereocenters. The second-order valence-electron chi connectivity index (χ2n) is 2.67. The van der Waals surface area contributed by atoms with Crippen LogP contribution < -0.4 is 0 Å². The predicted octanol–water partition coefficient (Wildman–Crippen LogP) is 2.93. The highest BCUT2D eigenvalue weighted by atomic mass is 16.5. The van der Waals surface area contributed by atoms with Crippen LogP contribution in [-0.4, -0.2) is 6.61 Å². The Hall–Kier alpha value is -0.300. The minimum atomic E-state index is 0.746. The lowest BCUT2D eigenvalue weighted by atomic mass is 10.2. The highest BCUT2D eigenvalue weighted by molar-refractivity contribution is 5.06. The molecule has 0 aromatic carbocycles. The van der Waals surface area contributed by atoms with E-state index in [1.54, 1.807) is 0 Å². The summed E-state index contributed by atoms with van der Waals surface area (Å²) in [6.07, 6.45) is 0.982. The standard InChI is InChI=1S/C9H17O/c1-5-6-10-7-9(4)8(2)3/h6H,5,7H2,1-4H3. The van der Waals surface area contributed by atoms with Gasteiger partial charge < -0.3 is 4.74 Å². The van der Waals surface area contributed by atoms with Gasteiger partial charge in [0.1, 0.15) is 0 Å². The van der Waals surface area contributed by atoms with Crippen molar-refractivity contribution in [3.05, 3.63) is 17.8 Å².